The average Bonchev–Trinajstić information content (AvgIpc) is 3.03. The van der Waals surface area contributed by atoms with Crippen LogP contribution in [0.15, 0.2) is 44.5 Å². The Morgan fingerprint density at radius 2 is 2.00 bits per heavy atom. The van der Waals surface area contributed by atoms with Crippen LogP contribution in [0.25, 0.3) is 0 Å². The van der Waals surface area contributed by atoms with Crippen LogP contribution in [-0.4, -0.2) is 15.7 Å². The number of aromatic nitrogens is 2. The van der Waals surface area contributed by atoms with E-state index in [1.807, 2.05) is 0 Å². The third kappa shape index (κ3) is 2.91. The molecule has 0 spiro atoms. The molecule has 5 nitrogen and oxygen atoms in total. The second-order valence-corrected chi connectivity index (χ2v) is 6.07. The molecule has 1 aromatic heterocycles. The number of ether oxygens (including phenoxy) is 1. The van der Waals surface area contributed by atoms with Crippen molar-refractivity contribution in [3.8, 4) is 0 Å². The van der Waals surface area contributed by atoms with Gasteiger partial charge in [-0.25, -0.2) is 4.79 Å². The minimum Gasteiger partial charge on any atom is -0.358 e. The van der Waals surface area contributed by atoms with Crippen LogP contribution >= 0.6 is 15.9 Å². The molecule has 1 fully saturated rings. The van der Waals surface area contributed by atoms with Gasteiger partial charge in [-0.1, -0.05) is 28.1 Å². The highest BCUT2D eigenvalue weighted by molar-refractivity contribution is 9.10. The van der Waals surface area contributed by atoms with E-state index in [1.165, 1.54) is 4.57 Å². The predicted octanol–water partition coefficient (Wildman–Crippen LogP) is 2.27. The molecular formula is C15H14BrFN2O3. The third-order valence-corrected chi connectivity index (χ3v) is 4.15. The minimum atomic E-state index is -0.952. The molecule has 0 aliphatic carbocycles. The molecular weight excluding hydrogens is 355 g/mol. The largest absolute Gasteiger partial charge is 0.358 e. The fourth-order valence-corrected chi connectivity index (χ4v) is 2.75. The van der Waals surface area contributed by atoms with Gasteiger partial charge >= 0.3 is 5.69 Å². The van der Waals surface area contributed by atoms with E-state index in [0.717, 1.165) is 27.2 Å². The summed E-state index contributed by atoms with van der Waals surface area (Å²) < 4.78 is 22.3. The molecule has 116 valence electrons. The molecule has 0 bridgehead atoms. The SMILES string of the molecule is O=c1c(F)cn(C2CCCO2)c(=O)n1Cc1ccc(Br)cc1. The first-order valence-corrected chi connectivity index (χ1v) is 7.73. The van der Waals surface area contributed by atoms with Gasteiger partial charge in [0, 0.05) is 11.1 Å². The van der Waals surface area contributed by atoms with Gasteiger partial charge in [-0.05, 0) is 30.5 Å². The Morgan fingerprint density at radius 3 is 2.64 bits per heavy atom. The zero-order valence-corrected chi connectivity index (χ0v) is 13.3. The highest BCUT2D eigenvalue weighted by Crippen LogP contribution is 2.20. The Hall–Kier alpha value is -1.73. The van der Waals surface area contributed by atoms with Gasteiger partial charge in [-0.2, -0.15) is 4.39 Å². The molecule has 2 heterocycles. The van der Waals surface area contributed by atoms with Crippen molar-refractivity contribution in [2.75, 3.05) is 6.61 Å². The predicted molar refractivity (Wildman–Crippen MR) is 82.4 cm³/mol. The highest BCUT2D eigenvalue weighted by atomic mass is 79.9. The first-order chi connectivity index (χ1) is 10.6. The fourth-order valence-electron chi connectivity index (χ4n) is 2.49. The topological polar surface area (TPSA) is 53.2 Å². The number of nitrogens with zero attached hydrogens (tertiary/aromatic N) is 2. The van der Waals surface area contributed by atoms with E-state index in [1.54, 1.807) is 24.3 Å². The number of benzene rings is 1. The van der Waals surface area contributed by atoms with Gasteiger partial charge in [-0.3, -0.25) is 13.9 Å². The van der Waals surface area contributed by atoms with Gasteiger partial charge in [0.2, 0.25) is 5.82 Å². The van der Waals surface area contributed by atoms with E-state index in [9.17, 15) is 14.0 Å². The van der Waals surface area contributed by atoms with Crippen molar-refractivity contribution >= 4 is 15.9 Å². The first kappa shape index (κ1) is 15.2. The Kier molecular flexibility index (Phi) is 4.26. The van der Waals surface area contributed by atoms with Gasteiger partial charge in [0.1, 0.15) is 6.23 Å². The summed E-state index contributed by atoms with van der Waals surface area (Å²) in [5, 5.41) is 0. The molecule has 0 radical (unpaired) electrons. The Labute approximate surface area is 134 Å². The maximum absolute atomic E-state index is 13.9. The number of hydrogen-bond acceptors (Lipinski definition) is 3. The zero-order valence-electron chi connectivity index (χ0n) is 11.7. The molecule has 2 aromatic rings. The Bertz CT molecular complexity index is 792. The van der Waals surface area contributed by atoms with E-state index in [-0.39, 0.29) is 6.54 Å². The normalized spacial score (nSPS) is 17.8. The van der Waals surface area contributed by atoms with Crippen LogP contribution in [0.1, 0.15) is 24.6 Å². The van der Waals surface area contributed by atoms with Crippen LogP contribution in [-0.2, 0) is 11.3 Å². The summed E-state index contributed by atoms with van der Waals surface area (Å²) in [7, 11) is 0. The summed E-state index contributed by atoms with van der Waals surface area (Å²) in [6.07, 6.45) is 1.89. The van der Waals surface area contributed by atoms with E-state index < -0.39 is 23.3 Å². The summed E-state index contributed by atoms with van der Waals surface area (Å²) in [6.45, 7) is 0.556. The molecule has 3 rings (SSSR count). The molecule has 1 aliphatic rings. The minimum absolute atomic E-state index is 0.0232. The Balaban J connectivity index is 2.04. The van der Waals surface area contributed by atoms with E-state index in [2.05, 4.69) is 15.9 Å². The van der Waals surface area contributed by atoms with Crippen LogP contribution < -0.4 is 11.2 Å². The molecule has 1 unspecified atom stereocenters. The fraction of sp³-hybridized carbons (Fsp3) is 0.333. The number of hydrogen-bond donors (Lipinski definition) is 0. The molecule has 0 N–H and O–H groups in total. The summed E-state index contributed by atoms with van der Waals surface area (Å²) in [5.41, 5.74) is -0.727. The second kappa shape index (κ2) is 6.18. The average molecular weight is 369 g/mol. The summed E-state index contributed by atoms with van der Waals surface area (Å²) in [6, 6.07) is 7.16. The molecule has 1 aromatic carbocycles. The van der Waals surface area contributed by atoms with Crippen LogP contribution in [0.2, 0.25) is 0 Å². The van der Waals surface area contributed by atoms with E-state index in [4.69, 9.17) is 4.74 Å². The number of halogens is 2. The van der Waals surface area contributed by atoms with Gasteiger partial charge in [-0.15, -0.1) is 0 Å². The van der Waals surface area contributed by atoms with Crippen molar-refractivity contribution < 1.29 is 9.13 Å². The van der Waals surface area contributed by atoms with Crippen LogP contribution in [0, 0.1) is 5.82 Å². The molecule has 1 saturated heterocycles. The van der Waals surface area contributed by atoms with Gasteiger partial charge in [0.15, 0.2) is 0 Å². The first-order valence-electron chi connectivity index (χ1n) is 6.94. The van der Waals surface area contributed by atoms with Crippen LogP contribution in [0.5, 0.6) is 0 Å². The lowest BCUT2D eigenvalue weighted by atomic mass is 10.2. The molecule has 0 amide bonds. The number of rotatable bonds is 3. The van der Waals surface area contributed by atoms with E-state index in [0.29, 0.717) is 13.0 Å². The monoisotopic (exact) mass is 368 g/mol. The summed E-state index contributed by atoms with van der Waals surface area (Å²) in [4.78, 5) is 24.4. The highest BCUT2D eigenvalue weighted by Gasteiger charge is 2.22. The maximum Gasteiger partial charge on any atom is 0.333 e. The second-order valence-electron chi connectivity index (χ2n) is 5.15. The van der Waals surface area contributed by atoms with Gasteiger partial charge in [0.05, 0.1) is 12.7 Å². The zero-order chi connectivity index (χ0) is 15.7. The van der Waals surface area contributed by atoms with Crippen molar-refractivity contribution in [3.63, 3.8) is 0 Å². The van der Waals surface area contributed by atoms with Crippen molar-refractivity contribution in [1.82, 2.24) is 9.13 Å². The van der Waals surface area contributed by atoms with Crippen molar-refractivity contribution in [2.45, 2.75) is 25.6 Å². The molecule has 7 heteroatoms. The third-order valence-electron chi connectivity index (χ3n) is 3.62. The van der Waals surface area contributed by atoms with E-state index >= 15 is 0 Å². The van der Waals surface area contributed by atoms with Crippen molar-refractivity contribution in [1.29, 1.82) is 0 Å². The van der Waals surface area contributed by atoms with Crippen molar-refractivity contribution in [3.05, 3.63) is 67.2 Å². The standard InChI is InChI=1S/C15H14BrFN2O3/c16-11-5-3-10(4-6-11)8-19-14(20)12(17)9-18(15(19)21)13-2-1-7-22-13/h3-6,9,13H,1-2,7-8H2. The Morgan fingerprint density at radius 1 is 1.27 bits per heavy atom. The van der Waals surface area contributed by atoms with Gasteiger partial charge < -0.3 is 4.74 Å². The van der Waals surface area contributed by atoms with Gasteiger partial charge in [0.25, 0.3) is 5.56 Å². The molecule has 1 aliphatic heterocycles. The lowest BCUT2D eigenvalue weighted by molar-refractivity contribution is 0.0504. The lowest BCUT2D eigenvalue weighted by Gasteiger charge is -2.15. The summed E-state index contributed by atoms with van der Waals surface area (Å²) in [5.74, 6) is -0.952. The maximum atomic E-state index is 13.9. The molecule has 22 heavy (non-hydrogen) atoms. The van der Waals surface area contributed by atoms with Crippen LogP contribution in [0.4, 0.5) is 4.39 Å². The molecule has 0 saturated carbocycles. The van der Waals surface area contributed by atoms with Crippen LogP contribution in [0.3, 0.4) is 0 Å². The lowest BCUT2D eigenvalue weighted by Crippen LogP contribution is -2.42. The quantitative estimate of drug-likeness (QED) is 0.834. The summed E-state index contributed by atoms with van der Waals surface area (Å²) >= 11 is 3.32. The smallest absolute Gasteiger partial charge is 0.333 e. The molecule has 1 atom stereocenters. The van der Waals surface area contributed by atoms with Crippen molar-refractivity contribution in [2.24, 2.45) is 0 Å².